The Morgan fingerprint density at radius 3 is 2.35 bits per heavy atom. The SMILES string of the molecule is CC(C)c1cc(C(=O)NC(C(=O)O)c2ccc(Cl)cc2)nn1C. The van der Waals surface area contributed by atoms with Crippen molar-refractivity contribution in [3.8, 4) is 0 Å². The van der Waals surface area contributed by atoms with Gasteiger partial charge in [0.2, 0.25) is 0 Å². The highest BCUT2D eigenvalue weighted by molar-refractivity contribution is 6.30. The molecule has 122 valence electrons. The first-order chi connectivity index (χ1) is 10.8. The van der Waals surface area contributed by atoms with E-state index in [0.717, 1.165) is 5.69 Å². The number of carbonyl (C=O) groups is 2. The van der Waals surface area contributed by atoms with Gasteiger partial charge in [-0.05, 0) is 29.7 Å². The summed E-state index contributed by atoms with van der Waals surface area (Å²) in [6.07, 6.45) is 0. The largest absolute Gasteiger partial charge is 0.479 e. The first kappa shape index (κ1) is 17.0. The number of carboxylic acid groups (broad SMARTS) is 1. The van der Waals surface area contributed by atoms with E-state index >= 15 is 0 Å². The van der Waals surface area contributed by atoms with Crippen LogP contribution in [-0.2, 0) is 11.8 Å². The average Bonchev–Trinajstić information content (AvgIpc) is 2.87. The predicted octanol–water partition coefficient (Wildman–Crippen LogP) is 2.75. The zero-order chi connectivity index (χ0) is 17.1. The minimum atomic E-state index is -1.16. The zero-order valence-corrected chi connectivity index (χ0v) is 13.8. The van der Waals surface area contributed by atoms with Crippen LogP contribution in [-0.4, -0.2) is 26.8 Å². The number of benzene rings is 1. The summed E-state index contributed by atoms with van der Waals surface area (Å²) in [7, 11) is 1.75. The lowest BCUT2D eigenvalue weighted by molar-refractivity contribution is -0.139. The Morgan fingerprint density at radius 1 is 1.26 bits per heavy atom. The molecule has 2 N–H and O–H groups in total. The molecule has 7 heteroatoms. The molecule has 0 saturated carbocycles. The van der Waals surface area contributed by atoms with Crippen LogP contribution < -0.4 is 5.32 Å². The second kappa shape index (κ2) is 6.83. The molecular formula is C16H18ClN3O3. The van der Waals surface area contributed by atoms with Gasteiger partial charge in [0.15, 0.2) is 6.04 Å². The van der Waals surface area contributed by atoms with Gasteiger partial charge in [0, 0.05) is 17.8 Å². The average molecular weight is 336 g/mol. The molecule has 1 atom stereocenters. The van der Waals surface area contributed by atoms with Crippen molar-refractivity contribution in [2.45, 2.75) is 25.8 Å². The van der Waals surface area contributed by atoms with Gasteiger partial charge >= 0.3 is 5.97 Å². The summed E-state index contributed by atoms with van der Waals surface area (Å²) in [6, 6.07) is 6.80. The maximum atomic E-state index is 12.3. The Bertz CT molecular complexity index is 723. The molecule has 0 radical (unpaired) electrons. The van der Waals surface area contributed by atoms with Crippen molar-refractivity contribution >= 4 is 23.5 Å². The molecule has 6 nitrogen and oxygen atoms in total. The lowest BCUT2D eigenvalue weighted by Crippen LogP contribution is -2.34. The molecular weight excluding hydrogens is 318 g/mol. The lowest BCUT2D eigenvalue weighted by atomic mass is 10.1. The van der Waals surface area contributed by atoms with Crippen LogP contribution in [0.4, 0.5) is 0 Å². The fourth-order valence-electron chi connectivity index (χ4n) is 2.28. The maximum Gasteiger partial charge on any atom is 0.330 e. The van der Waals surface area contributed by atoms with Crippen LogP contribution in [0, 0.1) is 0 Å². The molecule has 0 aliphatic carbocycles. The topological polar surface area (TPSA) is 84.2 Å². The normalized spacial score (nSPS) is 12.2. The van der Waals surface area contributed by atoms with Crippen molar-refractivity contribution in [1.29, 1.82) is 0 Å². The summed E-state index contributed by atoms with van der Waals surface area (Å²) in [6.45, 7) is 3.99. The van der Waals surface area contributed by atoms with Crippen LogP contribution >= 0.6 is 11.6 Å². The summed E-state index contributed by atoms with van der Waals surface area (Å²) in [5.41, 5.74) is 1.53. The monoisotopic (exact) mass is 335 g/mol. The second-order valence-electron chi connectivity index (χ2n) is 5.53. The van der Waals surface area contributed by atoms with Gasteiger partial charge in [-0.25, -0.2) is 4.79 Å². The third-order valence-corrected chi connectivity index (χ3v) is 3.72. The van der Waals surface area contributed by atoms with Gasteiger partial charge < -0.3 is 10.4 Å². The number of aliphatic carboxylic acids is 1. The van der Waals surface area contributed by atoms with E-state index in [1.165, 1.54) is 0 Å². The van der Waals surface area contributed by atoms with Crippen LogP contribution in [0.2, 0.25) is 5.02 Å². The minimum absolute atomic E-state index is 0.191. The molecule has 2 rings (SSSR count). The van der Waals surface area contributed by atoms with Crippen LogP contribution in [0.1, 0.15) is 47.6 Å². The Labute approximate surface area is 139 Å². The van der Waals surface area contributed by atoms with Gasteiger partial charge in [-0.2, -0.15) is 5.10 Å². The number of aromatic nitrogens is 2. The molecule has 0 aliphatic rings. The quantitative estimate of drug-likeness (QED) is 0.880. The van der Waals surface area contributed by atoms with Gasteiger partial charge in [0.05, 0.1) is 0 Å². The molecule has 1 unspecified atom stereocenters. The second-order valence-corrected chi connectivity index (χ2v) is 5.97. The van der Waals surface area contributed by atoms with Crippen molar-refractivity contribution in [1.82, 2.24) is 15.1 Å². The number of nitrogens with zero attached hydrogens (tertiary/aromatic N) is 2. The van der Waals surface area contributed by atoms with Crippen molar-refractivity contribution in [3.05, 3.63) is 52.3 Å². The van der Waals surface area contributed by atoms with Crippen LogP contribution in [0.15, 0.2) is 30.3 Å². The van der Waals surface area contributed by atoms with Crippen molar-refractivity contribution in [2.75, 3.05) is 0 Å². The van der Waals surface area contributed by atoms with Crippen molar-refractivity contribution in [3.63, 3.8) is 0 Å². The van der Waals surface area contributed by atoms with E-state index in [4.69, 9.17) is 11.6 Å². The zero-order valence-electron chi connectivity index (χ0n) is 13.1. The van der Waals surface area contributed by atoms with Gasteiger partial charge in [0.1, 0.15) is 5.69 Å². The number of amides is 1. The first-order valence-electron chi connectivity index (χ1n) is 7.12. The van der Waals surface area contributed by atoms with Gasteiger partial charge in [-0.3, -0.25) is 9.48 Å². The molecule has 0 spiro atoms. The van der Waals surface area contributed by atoms with Gasteiger partial charge in [0.25, 0.3) is 5.91 Å². The number of halogens is 1. The highest BCUT2D eigenvalue weighted by atomic mass is 35.5. The van der Waals surface area contributed by atoms with Gasteiger partial charge in [-0.15, -0.1) is 0 Å². The highest BCUT2D eigenvalue weighted by Gasteiger charge is 2.24. The number of hydrogen-bond donors (Lipinski definition) is 2. The molecule has 1 aromatic carbocycles. The first-order valence-corrected chi connectivity index (χ1v) is 7.50. The molecule has 0 bridgehead atoms. The Hall–Kier alpha value is -2.34. The molecule has 1 heterocycles. The fraction of sp³-hybridized carbons (Fsp3) is 0.312. The predicted molar refractivity (Wildman–Crippen MR) is 86.6 cm³/mol. The molecule has 0 fully saturated rings. The molecule has 1 aromatic heterocycles. The standard InChI is InChI=1S/C16H18ClN3O3/c1-9(2)13-8-12(19-20(13)3)15(21)18-14(16(22)23)10-4-6-11(17)7-5-10/h4-9,14H,1-3H3,(H,18,21)(H,22,23). The summed E-state index contributed by atoms with van der Waals surface area (Å²) < 4.78 is 1.62. The van der Waals surface area contributed by atoms with E-state index in [1.807, 2.05) is 13.8 Å². The molecule has 0 aliphatic heterocycles. The minimum Gasteiger partial charge on any atom is -0.479 e. The van der Waals surface area contributed by atoms with E-state index in [1.54, 1.807) is 42.1 Å². The lowest BCUT2D eigenvalue weighted by Gasteiger charge is -2.14. The van der Waals surface area contributed by atoms with Gasteiger partial charge in [-0.1, -0.05) is 37.6 Å². The summed E-state index contributed by atoms with van der Waals surface area (Å²) in [5.74, 6) is -1.48. The molecule has 0 saturated heterocycles. The maximum absolute atomic E-state index is 12.3. The van der Waals surface area contributed by atoms with Crippen molar-refractivity contribution in [2.24, 2.45) is 7.05 Å². The highest BCUT2D eigenvalue weighted by Crippen LogP contribution is 2.19. The Balaban J connectivity index is 2.23. The van der Waals surface area contributed by atoms with E-state index < -0.39 is 17.9 Å². The van der Waals surface area contributed by atoms with E-state index in [0.29, 0.717) is 10.6 Å². The number of rotatable bonds is 5. The number of hydrogen-bond acceptors (Lipinski definition) is 3. The van der Waals surface area contributed by atoms with E-state index in [2.05, 4.69) is 10.4 Å². The third-order valence-electron chi connectivity index (χ3n) is 3.47. The fourth-order valence-corrected chi connectivity index (χ4v) is 2.41. The number of carbonyl (C=O) groups excluding carboxylic acids is 1. The molecule has 2 aromatic rings. The van der Waals surface area contributed by atoms with Crippen LogP contribution in [0.3, 0.4) is 0 Å². The third kappa shape index (κ3) is 3.90. The molecule has 23 heavy (non-hydrogen) atoms. The summed E-state index contributed by atoms with van der Waals surface area (Å²) in [4.78, 5) is 23.8. The van der Waals surface area contributed by atoms with Crippen LogP contribution in [0.5, 0.6) is 0 Å². The van der Waals surface area contributed by atoms with E-state index in [-0.39, 0.29) is 11.6 Å². The number of carboxylic acids is 1. The molecule has 1 amide bonds. The van der Waals surface area contributed by atoms with Crippen molar-refractivity contribution < 1.29 is 14.7 Å². The number of aryl methyl sites for hydroxylation is 1. The Kier molecular flexibility index (Phi) is 5.05. The summed E-state index contributed by atoms with van der Waals surface area (Å²) >= 11 is 5.80. The van der Waals surface area contributed by atoms with Crippen LogP contribution in [0.25, 0.3) is 0 Å². The van der Waals surface area contributed by atoms with E-state index in [9.17, 15) is 14.7 Å². The Morgan fingerprint density at radius 2 is 1.87 bits per heavy atom. The summed E-state index contributed by atoms with van der Waals surface area (Å²) in [5, 5.41) is 16.5. The smallest absolute Gasteiger partial charge is 0.330 e. The number of nitrogens with one attached hydrogen (secondary N) is 1.